The van der Waals surface area contributed by atoms with Crippen molar-refractivity contribution in [1.29, 1.82) is 0 Å². The molecule has 0 bridgehead atoms. The minimum absolute atomic E-state index is 0.0367. The molecule has 1 fully saturated rings. The van der Waals surface area contributed by atoms with Gasteiger partial charge in [-0.05, 0) is 24.0 Å². The monoisotopic (exact) mass is 232 g/mol. The van der Waals surface area contributed by atoms with Crippen molar-refractivity contribution in [3.8, 4) is 0 Å². The number of carbonyl (C=O) groups excluding carboxylic acids is 1. The summed E-state index contributed by atoms with van der Waals surface area (Å²) in [4.78, 5) is 17.6. The summed E-state index contributed by atoms with van der Waals surface area (Å²) < 4.78 is 0. The number of carbonyl (C=O) groups is 1. The number of amides is 1. The van der Waals surface area contributed by atoms with Gasteiger partial charge in [-0.3, -0.25) is 9.63 Å². The average Bonchev–Trinajstić information content (AvgIpc) is 2.91. The van der Waals surface area contributed by atoms with E-state index in [9.17, 15) is 4.79 Å². The van der Waals surface area contributed by atoms with Crippen molar-refractivity contribution in [2.24, 2.45) is 0 Å². The van der Waals surface area contributed by atoms with Crippen molar-refractivity contribution in [2.45, 2.75) is 18.9 Å². The molecular weight excluding hydrogens is 216 g/mol. The molecular formula is C13H16N2O2. The zero-order valence-corrected chi connectivity index (χ0v) is 9.69. The zero-order valence-electron chi connectivity index (χ0n) is 9.69. The van der Waals surface area contributed by atoms with E-state index in [-0.39, 0.29) is 11.9 Å². The highest BCUT2D eigenvalue weighted by molar-refractivity contribution is 5.83. The quantitative estimate of drug-likeness (QED) is 0.786. The fraction of sp³-hybridized carbons (Fsp3) is 0.462. The maximum atomic E-state index is 12.3. The van der Waals surface area contributed by atoms with Gasteiger partial charge in [0.05, 0.1) is 13.2 Å². The molecule has 4 nitrogen and oxygen atoms in total. The van der Waals surface area contributed by atoms with Crippen molar-refractivity contribution < 1.29 is 9.63 Å². The van der Waals surface area contributed by atoms with Gasteiger partial charge in [0.15, 0.2) is 0 Å². The highest BCUT2D eigenvalue weighted by Gasteiger charge is 2.31. The highest BCUT2D eigenvalue weighted by Crippen LogP contribution is 2.25. The first-order valence-electron chi connectivity index (χ1n) is 6.12. The van der Waals surface area contributed by atoms with E-state index in [1.54, 1.807) is 0 Å². The summed E-state index contributed by atoms with van der Waals surface area (Å²) >= 11 is 0. The Hall–Kier alpha value is -1.39. The molecule has 1 saturated heterocycles. The number of nitrogens with zero attached hydrogens (tertiary/aromatic N) is 1. The summed E-state index contributed by atoms with van der Waals surface area (Å²) in [6.07, 6.45) is 1.92. The summed E-state index contributed by atoms with van der Waals surface area (Å²) in [6, 6.07) is 7.90. The molecule has 2 aliphatic rings. The van der Waals surface area contributed by atoms with E-state index in [1.165, 1.54) is 10.6 Å². The number of hydroxylamine groups is 2. The fourth-order valence-corrected chi connectivity index (χ4v) is 2.49. The lowest BCUT2D eigenvalue weighted by atomic mass is 9.94. The Morgan fingerprint density at radius 2 is 2.29 bits per heavy atom. The van der Waals surface area contributed by atoms with Gasteiger partial charge in [0.2, 0.25) is 0 Å². The van der Waals surface area contributed by atoms with Crippen molar-refractivity contribution in [2.75, 3.05) is 19.7 Å². The topological polar surface area (TPSA) is 41.6 Å². The first-order chi connectivity index (χ1) is 8.36. The molecule has 4 heteroatoms. The summed E-state index contributed by atoms with van der Waals surface area (Å²) in [6.45, 7) is 2.21. The molecule has 2 heterocycles. The molecule has 0 aromatic heterocycles. The molecule has 1 unspecified atom stereocenters. The van der Waals surface area contributed by atoms with E-state index < -0.39 is 0 Å². The number of benzene rings is 1. The predicted molar refractivity (Wildman–Crippen MR) is 63.2 cm³/mol. The van der Waals surface area contributed by atoms with Crippen LogP contribution in [0.25, 0.3) is 0 Å². The molecule has 1 amide bonds. The van der Waals surface area contributed by atoms with Gasteiger partial charge in [0.1, 0.15) is 6.04 Å². The Morgan fingerprint density at radius 1 is 1.41 bits per heavy atom. The van der Waals surface area contributed by atoms with E-state index in [2.05, 4.69) is 11.4 Å². The number of hydrogen-bond acceptors (Lipinski definition) is 3. The van der Waals surface area contributed by atoms with Crippen LogP contribution in [0.5, 0.6) is 0 Å². The lowest BCUT2D eigenvalue weighted by molar-refractivity contribution is -0.171. The molecule has 1 aromatic carbocycles. The molecule has 1 N–H and O–H groups in total. The molecule has 2 aliphatic heterocycles. The average molecular weight is 232 g/mol. The molecule has 0 radical (unpaired) electrons. The predicted octanol–water partition coefficient (Wildman–Crippen LogP) is 1.04. The Labute approximate surface area is 101 Å². The van der Waals surface area contributed by atoms with Gasteiger partial charge in [-0.1, -0.05) is 24.3 Å². The highest BCUT2D eigenvalue weighted by atomic mass is 16.7. The lowest BCUT2D eigenvalue weighted by Crippen LogP contribution is -2.42. The largest absolute Gasteiger partial charge is 0.302 e. The van der Waals surface area contributed by atoms with Crippen LogP contribution in [-0.4, -0.2) is 30.7 Å². The van der Waals surface area contributed by atoms with E-state index in [4.69, 9.17) is 4.84 Å². The Kier molecular flexibility index (Phi) is 2.82. The van der Waals surface area contributed by atoms with Crippen LogP contribution in [0.2, 0.25) is 0 Å². The summed E-state index contributed by atoms with van der Waals surface area (Å²) in [5.41, 5.74) is 2.36. The van der Waals surface area contributed by atoms with Gasteiger partial charge in [0, 0.05) is 6.54 Å². The van der Waals surface area contributed by atoms with Crippen LogP contribution in [0.4, 0.5) is 0 Å². The third-order valence-electron chi connectivity index (χ3n) is 3.35. The van der Waals surface area contributed by atoms with E-state index in [0.717, 1.165) is 24.9 Å². The van der Waals surface area contributed by atoms with Crippen molar-refractivity contribution in [3.05, 3.63) is 35.4 Å². The standard InChI is InChI=1S/C13H16N2O2/c16-13(15-8-3-9-17-15)12-11-5-2-1-4-10(11)6-7-14-12/h1-2,4-5,12,14H,3,6-9H2. The summed E-state index contributed by atoms with van der Waals surface area (Å²) in [5.74, 6) is 0.0367. The fourth-order valence-electron chi connectivity index (χ4n) is 2.49. The molecule has 0 spiro atoms. The molecule has 1 atom stereocenters. The van der Waals surface area contributed by atoms with E-state index in [1.807, 2.05) is 18.2 Å². The third kappa shape index (κ3) is 1.94. The number of hydrogen-bond donors (Lipinski definition) is 1. The van der Waals surface area contributed by atoms with E-state index >= 15 is 0 Å². The van der Waals surface area contributed by atoms with Gasteiger partial charge in [-0.15, -0.1) is 0 Å². The van der Waals surface area contributed by atoms with Crippen LogP contribution in [0.3, 0.4) is 0 Å². The number of rotatable bonds is 1. The second-order valence-electron chi connectivity index (χ2n) is 4.46. The Morgan fingerprint density at radius 3 is 3.12 bits per heavy atom. The normalized spacial score (nSPS) is 23.5. The van der Waals surface area contributed by atoms with Crippen LogP contribution in [0, 0.1) is 0 Å². The number of fused-ring (bicyclic) bond motifs is 1. The van der Waals surface area contributed by atoms with Crippen LogP contribution in [0.15, 0.2) is 24.3 Å². The second kappa shape index (κ2) is 4.47. The number of nitrogens with one attached hydrogen (secondary N) is 1. The minimum Gasteiger partial charge on any atom is -0.302 e. The minimum atomic E-state index is -0.238. The van der Waals surface area contributed by atoms with Gasteiger partial charge in [0.25, 0.3) is 5.91 Å². The second-order valence-corrected chi connectivity index (χ2v) is 4.46. The van der Waals surface area contributed by atoms with Crippen LogP contribution >= 0.6 is 0 Å². The molecule has 0 aliphatic carbocycles. The summed E-state index contributed by atoms with van der Waals surface area (Å²) in [7, 11) is 0. The SMILES string of the molecule is O=C(C1NCCc2ccccc21)N1CCCO1. The van der Waals surface area contributed by atoms with Crippen molar-refractivity contribution in [1.82, 2.24) is 10.4 Å². The Balaban J connectivity index is 1.86. The van der Waals surface area contributed by atoms with Crippen LogP contribution in [0.1, 0.15) is 23.6 Å². The first-order valence-corrected chi connectivity index (χ1v) is 6.12. The maximum absolute atomic E-state index is 12.3. The van der Waals surface area contributed by atoms with E-state index in [0.29, 0.717) is 13.2 Å². The van der Waals surface area contributed by atoms with Crippen molar-refractivity contribution >= 4 is 5.91 Å². The van der Waals surface area contributed by atoms with Crippen molar-refractivity contribution in [3.63, 3.8) is 0 Å². The van der Waals surface area contributed by atoms with Gasteiger partial charge in [-0.25, -0.2) is 5.06 Å². The third-order valence-corrected chi connectivity index (χ3v) is 3.35. The lowest BCUT2D eigenvalue weighted by Gasteiger charge is -2.28. The zero-order chi connectivity index (χ0) is 11.7. The van der Waals surface area contributed by atoms with Crippen LogP contribution < -0.4 is 5.32 Å². The van der Waals surface area contributed by atoms with Gasteiger partial charge < -0.3 is 5.32 Å². The van der Waals surface area contributed by atoms with Crippen LogP contribution in [-0.2, 0) is 16.1 Å². The smallest absolute Gasteiger partial charge is 0.267 e. The van der Waals surface area contributed by atoms with Gasteiger partial charge >= 0.3 is 0 Å². The molecule has 0 saturated carbocycles. The summed E-state index contributed by atoms with van der Waals surface area (Å²) in [5, 5.41) is 4.78. The van der Waals surface area contributed by atoms with Gasteiger partial charge in [-0.2, -0.15) is 0 Å². The first kappa shape index (κ1) is 10.7. The molecule has 1 aromatic rings. The maximum Gasteiger partial charge on any atom is 0.267 e. The molecule has 17 heavy (non-hydrogen) atoms. The Bertz CT molecular complexity index is 427. The molecule has 90 valence electrons. The molecule has 3 rings (SSSR count).